The summed E-state index contributed by atoms with van der Waals surface area (Å²) >= 11 is 19.6. The molecular formula is C19H20Cl3NO2S. The molecule has 0 heterocycles. The van der Waals surface area contributed by atoms with Crippen LogP contribution in [-0.2, 0) is 10.5 Å². The highest BCUT2D eigenvalue weighted by Gasteiger charge is 2.14. The third-order valence-electron chi connectivity index (χ3n) is 3.61. The summed E-state index contributed by atoms with van der Waals surface area (Å²) in [7, 11) is 0. The van der Waals surface area contributed by atoms with Gasteiger partial charge in [0.15, 0.2) is 6.10 Å². The molecule has 0 saturated carbocycles. The Morgan fingerprint density at radius 3 is 2.54 bits per heavy atom. The zero-order valence-corrected chi connectivity index (χ0v) is 17.6. The van der Waals surface area contributed by atoms with Gasteiger partial charge in [0.25, 0.3) is 5.91 Å². The van der Waals surface area contributed by atoms with Crippen molar-refractivity contribution in [1.29, 1.82) is 0 Å². The molecule has 0 aliphatic rings. The minimum absolute atomic E-state index is 0.146. The molecule has 1 atom stereocenters. The molecule has 0 fully saturated rings. The van der Waals surface area contributed by atoms with E-state index in [2.05, 4.69) is 5.32 Å². The first kappa shape index (κ1) is 21.2. The molecule has 0 radical (unpaired) electrons. The minimum Gasteiger partial charge on any atom is -0.481 e. The lowest BCUT2D eigenvalue weighted by atomic mass is 10.2. The molecule has 26 heavy (non-hydrogen) atoms. The summed E-state index contributed by atoms with van der Waals surface area (Å²) < 4.78 is 5.66. The molecule has 3 nitrogen and oxygen atoms in total. The molecule has 0 spiro atoms. The zero-order chi connectivity index (χ0) is 19.1. The van der Waals surface area contributed by atoms with Gasteiger partial charge in [0.1, 0.15) is 5.75 Å². The molecule has 1 N–H and O–H groups in total. The zero-order valence-electron chi connectivity index (χ0n) is 14.5. The van der Waals surface area contributed by atoms with E-state index in [1.54, 1.807) is 36.9 Å². The number of carbonyl (C=O) groups excluding carboxylic acids is 1. The van der Waals surface area contributed by atoms with E-state index in [0.29, 0.717) is 27.4 Å². The van der Waals surface area contributed by atoms with Crippen LogP contribution in [0.15, 0.2) is 36.4 Å². The Morgan fingerprint density at radius 2 is 1.85 bits per heavy atom. The van der Waals surface area contributed by atoms with Crippen LogP contribution in [0.4, 0.5) is 0 Å². The molecule has 0 aromatic heterocycles. The summed E-state index contributed by atoms with van der Waals surface area (Å²) in [5, 5.41) is 4.66. The van der Waals surface area contributed by atoms with Crippen LogP contribution in [0, 0.1) is 6.92 Å². The van der Waals surface area contributed by atoms with Gasteiger partial charge < -0.3 is 10.1 Å². The fourth-order valence-corrected chi connectivity index (χ4v) is 3.40. The van der Waals surface area contributed by atoms with E-state index in [9.17, 15) is 4.79 Å². The third-order valence-corrected chi connectivity index (χ3v) is 5.80. The second-order valence-electron chi connectivity index (χ2n) is 5.76. The molecule has 0 saturated heterocycles. The molecule has 1 amide bonds. The summed E-state index contributed by atoms with van der Waals surface area (Å²) in [6.07, 6.45) is -0.573. The van der Waals surface area contributed by atoms with Gasteiger partial charge in [-0.05, 0) is 55.3 Å². The van der Waals surface area contributed by atoms with Gasteiger partial charge in [-0.2, -0.15) is 11.8 Å². The van der Waals surface area contributed by atoms with E-state index >= 15 is 0 Å². The van der Waals surface area contributed by atoms with Crippen LogP contribution in [0.3, 0.4) is 0 Å². The number of halogens is 3. The highest BCUT2D eigenvalue weighted by molar-refractivity contribution is 7.98. The highest BCUT2D eigenvalue weighted by Crippen LogP contribution is 2.24. The lowest BCUT2D eigenvalue weighted by Gasteiger charge is -2.15. The van der Waals surface area contributed by atoms with Crippen molar-refractivity contribution in [2.24, 2.45) is 0 Å². The van der Waals surface area contributed by atoms with Gasteiger partial charge in [-0.15, -0.1) is 0 Å². The van der Waals surface area contributed by atoms with Gasteiger partial charge >= 0.3 is 0 Å². The van der Waals surface area contributed by atoms with Gasteiger partial charge in [0.2, 0.25) is 0 Å². The van der Waals surface area contributed by atoms with Gasteiger partial charge in [0, 0.05) is 23.1 Å². The van der Waals surface area contributed by atoms with Crippen LogP contribution in [-0.4, -0.2) is 24.3 Å². The number of amides is 1. The minimum atomic E-state index is -0.573. The van der Waals surface area contributed by atoms with Crippen LogP contribution >= 0.6 is 46.6 Å². The molecular weight excluding hydrogens is 413 g/mol. The molecule has 7 heteroatoms. The number of hydrogen-bond acceptors (Lipinski definition) is 3. The van der Waals surface area contributed by atoms with E-state index in [1.165, 1.54) is 0 Å². The smallest absolute Gasteiger partial charge is 0.260 e. The first-order valence-corrected chi connectivity index (χ1v) is 10.4. The predicted octanol–water partition coefficient (Wildman–Crippen LogP) is 5.77. The molecule has 0 unspecified atom stereocenters. The van der Waals surface area contributed by atoms with Crippen LogP contribution in [0.25, 0.3) is 0 Å². The predicted molar refractivity (Wildman–Crippen MR) is 112 cm³/mol. The van der Waals surface area contributed by atoms with Crippen molar-refractivity contribution in [3.05, 3.63) is 62.6 Å². The monoisotopic (exact) mass is 431 g/mol. The molecule has 0 bridgehead atoms. The van der Waals surface area contributed by atoms with Gasteiger partial charge in [-0.25, -0.2) is 0 Å². The summed E-state index contributed by atoms with van der Waals surface area (Å²) in [5.41, 5.74) is 2.01. The number of aryl methyl sites for hydroxylation is 1. The lowest BCUT2D eigenvalue weighted by molar-refractivity contribution is -0.127. The Hall–Kier alpha value is -1.07. The maximum Gasteiger partial charge on any atom is 0.260 e. The molecule has 0 aliphatic heterocycles. The summed E-state index contributed by atoms with van der Waals surface area (Å²) in [6.45, 7) is 4.19. The van der Waals surface area contributed by atoms with Crippen molar-refractivity contribution in [1.82, 2.24) is 5.32 Å². The molecule has 140 valence electrons. The van der Waals surface area contributed by atoms with Crippen LogP contribution < -0.4 is 10.1 Å². The Balaban J connectivity index is 1.69. The van der Waals surface area contributed by atoms with E-state index in [0.717, 1.165) is 22.6 Å². The number of hydrogen-bond donors (Lipinski definition) is 1. The third kappa shape index (κ3) is 6.58. The normalized spacial score (nSPS) is 11.9. The maximum atomic E-state index is 12.1. The van der Waals surface area contributed by atoms with Crippen LogP contribution in [0.2, 0.25) is 15.1 Å². The standard InChI is InChI=1S/C19H20Cl3NO2S/c1-12-9-15(4-6-16(12)20)25-13(2)19(24)23-7-8-26-11-14-3-5-17(21)18(22)10-14/h3-6,9-10,13H,7-8,11H2,1-2H3,(H,23,24)/t13-/m1/s1. The molecule has 0 aliphatic carbocycles. The average Bonchev–Trinajstić information content (AvgIpc) is 2.60. The molecule has 2 aromatic rings. The largest absolute Gasteiger partial charge is 0.481 e. The Kier molecular flexibility index (Phi) is 8.42. The second kappa shape index (κ2) is 10.3. The summed E-state index contributed by atoms with van der Waals surface area (Å²) in [4.78, 5) is 12.1. The van der Waals surface area contributed by atoms with Gasteiger partial charge in [-0.1, -0.05) is 40.9 Å². The highest BCUT2D eigenvalue weighted by atomic mass is 35.5. The van der Waals surface area contributed by atoms with Crippen molar-refractivity contribution >= 4 is 52.5 Å². The van der Waals surface area contributed by atoms with Crippen LogP contribution in [0.1, 0.15) is 18.1 Å². The van der Waals surface area contributed by atoms with E-state index in [1.807, 2.05) is 25.1 Å². The average molecular weight is 433 g/mol. The van der Waals surface area contributed by atoms with Crippen molar-refractivity contribution in [2.75, 3.05) is 12.3 Å². The fraction of sp³-hybridized carbons (Fsp3) is 0.316. The Labute approximate surface area is 173 Å². The van der Waals surface area contributed by atoms with Crippen molar-refractivity contribution < 1.29 is 9.53 Å². The molecule has 2 aromatic carbocycles. The van der Waals surface area contributed by atoms with Crippen molar-refractivity contribution in [2.45, 2.75) is 25.7 Å². The number of carbonyl (C=O) groups is 1. The quantitative estimate of drug-likeness (QED) is 0.538. The number of thioether (sulfide) groups is 1. The SMILES string of the molecule is Cc1cc(O[C@H](C)C(=O)NCCSCc2ccc(Cl)c(Cl)c2)ccc1Cl. The van der Waals surface area contributed by atoms with Gasteiger partial charge in [0.05, 0.1) is 10.0 Å². The lowest BCUT2D eigenvalue weighted by Crippen LogP contribution is -2.37. The first-order valence-electron chi connectivity index (χ1n) is 8.09. The number of benzene rings is 2. The summed E-state index contributed by atoms with van der Waals surface area (Å²) in [6, 6.07) is 10.9. The van der Waals surface area contributed by atoms with Crippen molar-refractivity contribution in [3.63, 3.8) is 0 Å². The fourth-order valence-electron chi connectivity index (χ4n) is 2.16. The van der Waals surface area contributed by atoms with E-state index in [4.69, 9.17) is 39.5 Å². The Bertz CT molecular complexity index is 770. The summed E-state index contributed by atoms with van der Waals surface area (Å²) in [5.74, 6) is 2.08. The number of nitrogens with one attached hydrogen (secondary N) is 1. The van der Waals surface area contributed by atoms with Gasteiger partial charge in [-0.3, -0.25) is 4.79 Å². The Morgan fingerprint density at radius 1 is 1.12 bits per heavy atom. The van der Waals surface area contributed by atoms with Crippen molar-refractivity contribution in [3.8, 4) is 5.75 Å². The maximum absolute atomic E-state index is 12.1. The second-order valence-corrected chi connectivity index (χ2v) is 8.09. The topological polar surface area (TPSA) is 38.3 Å². The van der Waals surface area contributed by atoms with E-state index in [-0.39, 0.29) is 5.91 Å². The van der Waals surface area contributed by atoms with Crippen LogP contribution in [0.5, 0.6) is 5.75 Å². The van der Waals surface area contributed by atoms with E-state index < -0.39 is 6.10 Å². The first-order chi connectivity index (χ1) is 12.4. The number of ether oxygens (including phenoxy) is 1. The molecule has 2 rings (SSSR count). The number of rotatable bonds is 8.